The van der Waals surface area contributed by atoms with Gasteiger partial charge < -0.3 is 20.4 Å². The molecule has 3 N–H and O–H groups in total. The molecule has 29 heavy (non-hydrogen) atoms. The molecule has 2 amide bonds. The smallest absolute Gasteiger partial charge is 0.407 e. The van der Waals surface area contributed by atoms with E-state index in [-0.39, 0.29) is 11.8 Å². The fourth-order valence-corrected chi connectivity index (χ4v) is 3.06. The van der Waals surface area contributed by atoms with Crippen LogP contribution in [0.25, 0.3) is 10.9 Å². The number of carbonyl (C=O) groups is 2. The summed E-state index contributed by atoms with van der Waals surface area (Å²) in [5, 5.41) is 6.67. The Hall–Kier alpha value is -3.28. The third kappa shape index (κ3) is 5.85. The number of para-hydroxylation sites is 1. The van der Waals surface area contributed by atoms with Crippen molar-refractivity contribution in [2.45, 2.75) is 32.9 Å². The molecule has 6 nitrogen and oxygen atoms in total. The van der Waals surface area contributed by atoms with E-state index in [1.807, 2.05) is 74.6 Å². The van der Waals surface area contributed by atoms with Crippen molar-refractivity contribution in [1.82, 2.24) is 15.6 Å². The maximum Gasteiger partial charge on any atom is 0.407 e. The molecule has 0 bridgehead atoms. The second kappa shape index (κ2) is 9.78. The molecular formula is C23H27N3O3. The first kappa shape index (κ1) is 20.5. The monoisotopic (exact) mass is 393 g/mol. The second-order valence-electron chi connectivity index (χ2n) is 7.46. The standard InChI is InChI=1S/C23H27N3O3/c1-16(2)15-29-23(28)26-21(22(27)25-13-17-8-4-3-5-9-17)12-18-14-24-20-11-7-6-10-19(18)20/h3-11,14,16,21,24H,12-13,15H2,1-2H3,(H,25,27)(H,26,28). The lowest BCUT2D eigenvalue weighted by atomic mass is 10.0. The van der Waals surface area contributed by atoms with Gasteiger partial charge in [0.25, 0.3) is 0 Å². The molecule has 1 unspecified atom stereocenters. The van der Waals surface area contributed by atoms with Crippen LogP contribution in [0.15, 0.2) is 60.8 Å². The minimum atomic E-state index is -0.738. The minimum absolute atomic E-state index is 0.222. The van der Waals surface area contributed by atoms with Crippen molar-refractivity contribution < 1.29 is 14.3 Å². The average Bonchev–Trinajstić information content (AvgIpc) is 3.14. The van der Waals surface area contributed by atoms with Gasteiger partial charge in [-0.3, -0.25) is 4.79 Å². The number of H-pyrrole nitrogens is 1. The molecule has 0 aliphatic heterocycles. The summed E-state index contributed by atoms with van der Waals surface area (Å²) < 4.78 is 5.22. The van der Waals surface area contributed by atoms with Crippen LogP contribution in [0, 0.1) is 5.92 Å². The predicted molar refractivity (Wildman–Crippen MR) is 113 cm³/mol. The van der Waals surface area contributed by atoms with Gasteiger partial charge >= 0.3 is 6.09 Å². The topological polar surface area (TPSA) is 83.2 Å². The zero-order valence-electron chi connectivity index (χ0n) is 16.8. The fraction of sp³-hybridized carbons (Fsp3) is 0.304. The molecule has 0 aliphatic rings. The van der Waals surface area contributed by atoms with Crippen molar-refractivity contribution in [1.29, 1.82) is 0 Å². The van der Waals surface area contributed by atoms with Gasteiger partial charge in [-0.2, -0.15) is 0 Å². The van der Waals surface area contributed by atoms with Gasteiger partial charge in [0.05, 0.1) is 6.61 Å². The lowest BCUT2D eigenvalue weighted by molar-refractivity contribution is -0.123. The van der Waals surface area contributed by atoms with E-state index in [1.165, 1.54) is 0 Å². The highest BCUT2D eigenvalue weighted by molar-refractivity contribution is 5.88. The van der Waals surface area contributed by atoms with E-state index in [9.17, 15) is 9.59 Å². The molecule has 3 aromatic rings. The Bertz CT molecular complexity index is 950. The molecule has 1 aromatic heterocycles. The number of nitrogens with one attached hydrogen (secondary N) is 3. The van der Waals surface area contributed by atoms with Crippen LogP contribution in [0.1, 0.15) is 25.0 Å². The van der Waals surface area contributed by atoms with E-state index >= 15 is 0 Å². The van der Waals surface area contributed by atoms with Gasteiger partial charge in [0.15, 0.2) is 0 Å². The fourth-order valence-electron chi connectivity index (χ4n) is 3.06. The quantitative estimate of drug-likeness (QED) is 0.545. The summed E-state index contributed by atoms with van der Waals surface area (Å²) >= 11 is 0. The summed E-state index contributed by atoms with van der Waals surface area (Å²) in [5.74, 6) is -0.0274. The highest BCUT2D eigenvalue weighted by Gasteiger charge is 2.23. The number of aromatic amines is 1. The number of carbonyl (C=O) groups excluding carboxylic acids is 2. The van der Waals surface area contributed by atoms with Crippen LogP contribution in [0.4, 0.5) is 4.79 Å². The Balaban J connectivity index is 1.71. The lowest BCUT2D eigenvalue weighted by Gasteiger charge is -2.19. The van der Waals surface area contributed by atoms with Crippen LogP contribution in [0.5, 0.6) is 0 Å². The van der Waals surface area contributed by atoms with Crippen LogP contribution in [-0.2, 0) is 22.5 Å². The zero-order chi connectivity index (χ0) is 20.6. The number of aromatic nitrogens is 1. The molecule has 0 spiro atoms. The van der Waals surface area contributed by atoms with Crippen molar-refractivity contribution in [2.75, 3.05) is 6.61 Å². The number of hydrogen-bond acceptors (Lipinski definition) is 3. The molecule has 6 heteroatoms. The highest BCUT2D eigenvalue weighted by Crippen LogP contribution is 2.19. The van der Waals surface area contributed by atoms with Gasteiger partial charge in [-0.05, 0) is 23.1 Å². The number of rotatable bonds is 8. The molecule has 0 fully saturated rings. The third-order valence-electron chi connectivity index (χ3n) is 4.56. The zero-order valence-corrected chi connectivity index (χ0v) is 16.8. The highest BCUT2D eigenvalue weighted by atomic mass is 16.5. The largest absolute Gasteiger partial charge is 0.449 e. The maximum absolute atomic E-state index is 12.9. The Morgan fingerprint density at radius 3 is 2.52 bits per heavy atom. The summed E-state index contributed by atoms with van der Waals surface area (Å²) in [6.07, 6.45) is 1.66. The Morgan fingerprint density at radius 2 is 1.76 bits per heavy atom. The lowest BCUT2D eigenvalue weighted by Crippen LogP contribution is -2.48. The van der Waals surface area contributed by atoms with Crippen molar-refractivity contribution in [2.24, 2.45) is 5.92 Å². The van der Waals surface area contributed by atoms with Crippen molar-refractivity contribution in [3.8, 4) is 0 Å². The van der Waals surface area contributed by atoms with Gasteiger partial charge in [0.1, 0.15) is 6.04 Å². The van der Waals surface area contributed by atoms with E-state index < -0.39 is 12.1 Å². The van der Waals surface area contributed by atoms with E-state index in [2.05, 4.69) is 15.6 Å². The van der Waals surface area contributed by atoms with E-state index in [1.54, 1.807) is 0 Å². The molecule has 0 saturated carbocycles. The molecule has 2 aromatic carbocycles. The molecule has 3 rings (SSSR count). The van der Waals surface area contributed by atoms with Crippen molar-refractivity contribution in [3.05, 3.63) is 71.9 Å². The average molecular weight is 393 g/mol. The first-order valence-corrected chi connectivity index (χ1v) is 9.83. The molecule has 0 aliphatic carbocycles. The van der Waals surface area contributed by atoms with Crippen molar-refractivity contribution in [3.63, 3.8) is 0 Å². The van der Waals surface area contributed by atoms with Gasteiger partial charge in [-0.25, -0.2) is 4.79 Å². The summed E-state index contributed by atoms with van der Waals surface area (Å²) in [7, 11) is 0. The summed E-state index contributed by atoms with van der Waals surface area (Å²) in [4.78, 5) is 28.3. The molecule has 1 atom stereocenters. The number of fused-ring (bicyclic) bond motifs is 1. The summed E-state index contributed by atoms with van der Waals surface area (Å²) in [6, 6.07) is 16.8. The molecule has 0 saturated heterocycles. The third-order valence-corrected chi connectivity index (χ3v) is 4.56. The van der Waals surface area contributed by atoms with Crippen LogP contribution in [0.2, 0.25) is 0 Å². The van der Waals surface area contributed by atoms with Gasteiger partial charge in [-0.15, -0.1) is 0 Å². The first-order chi connectivity index (χ1) is 14.0. The minimum Gasteiger partial charge on any atom is -0.449 e. The number of alkyl carbamates (subject to hydrolysis) is 1. The molecule has 152 valence electrons. The molecule has 1 heterocycles. The van der Waals surface area contributed by atoms with Gasteiger partial charge in [-0.1, -0.05) is 62.4 Å². The number of hydrogen-bond donors (Lipinski definition) is 3. The summed E-state index contributed by atoms with van der Waals surface area (Å²) in [5.41, 5.74) is 2.95. The SMILES string of the molecule is CC(C)COC(=O)NC(Cc1c[nH]c2ccccc12)C(=O)NCc1ccccc1. The van der Waals surface area contributed by atoms with Crippen molar-refractivity contribution >= 4 is 22.9 Å². The number of benzene rings is 2. The Labute approximate surface area is 170 Å². The Kier molecular flexibility index (Phi) is 6.89. The van der Waals surface area contributed by atoms with E-state index in [0.29, 0.717) is 19.6 Å². The number of amides is 2. The van der Waals surface area contributed by atoms with Gasteiger partial charge in [0, 0.05) is 30.1 Å². The molecule has 0 radical (unpaired) electrons. The predicted octanol–water partition coefficient (Wildman–Crippen LogP) is 3.78. The van der Waals surface area contributed by atoms with Gasteiger partial charge in [0.2, 0.25) is 5.91 Å². The second-order valence-corrected chi connectivity index (χ2v) is 7.46. The molecular weight excluding hydrogens is 366 g/mol. The Morgan fingerprint density at radius 1 is 1.03 bits per heavy atom. The van der Waals surface area contributed by atoms with Crippen LogP contribution < -0.4 is 10.6 Å². The number of ether oxygens (including phenoxy) is 1. The maximum atomic E-state index is 12.9. The van der Waals surface area contributed by atoms with E-state index in [0.717, 1.165) is 22.0 Å². The van der Waals surface area contributed by atoms with Crippen LogP contribution >= 0.6 is 0 Å². The van der Waals surface area contributed by atoms with E-state index in [4.69, 9.17) is 4.74 Å². The van der Waals surface area contributed by atoms with Crippen LogP contribution in [0.3, 0.4) is 0 Å². The summed E-state index contributed by atoms with van der Waals surface area (Å²) in [6.45, 7) is 4.62. The normalized spacial score (nSPS) is 12.0. The van der Waals surface area contributed by atoms with Crippen LogP contribution in [-0.4, -0.2) is 29.6 Å². The first-order valence-electron chi connectivity index (χ1n) is 9.83.